The summed E-state index contributed by atoms with van der Waals surface area (Å²) in [5.41, 5.74) is 12.9. The van der Waals surface area contributed by atoms with E-state index in [0.717, 1.165) is 71.5 Å². The fourth-order valence-corrected chi connectivity index (χ4v) is 8.77. The molecule has 6 nitrogen and oxygen atoms in total. The molecular weight excluding hydrogens is 918 g/mol. The molecule has 0 aliphatic rings. The molecule has 0 amide bonds. The number of fused-ring (bicyclic) bond motifs is 11. The van der Waals surface area contributed by atoms with Crippen LogP contribution < -0.4 is 4.74 Å². The third kappa shape index (κ3) is 6.09. The van der Waals surface area contributed by atoms with Gasteiger partial charge in [-0.25, -0.2) is 0 Å². The second-order valence-corrected chi connectivity index (χ2v) is 15.9. The number of aromatic nitrogens is 5. The van der Waals surface area contributed by atoms with E-state index in [9.17, 15) is 0 Å². The van der Waals surface area contributed by atoms with Crippen molar-refractivity contribution in [2.24, 2.45) is 0 Å². The van der Waals surface area contributed by atoms with Crippen LogP contribution in [0.4, 0.5) is 0 Å². The summed E-state index contributed by atoms with van der Waals surface area (Å²) in [6.07, 6.45) is 3.75. The van der Waals surface area contributed by atoms with Crippen LogP contribution in [-0.2, 0) is 21.1 Å². The Hall–Kier alpha value is -6.62. The zero-order valence-corrected chi connectivity index (χ0v) is 35.8. The molecule has 0 spiro atoms. The molecule has 0 atom stereocenters. The Morgan fingerprint density at radius 2 is 1.32 bits per heavy atom. The molecule has 0 bridgehead atoms. The molecule has 0 N–H and O–H groups in total. The molecule has 0 fully saturated rings. The van der Waals surface area contributed by atoms with E-state index < -0.39 is 0 Å². The van der Waals surface area contributed by atoms with Crippen LogP contribution in [0.25, 0.3) is 88.4 Å². The van der Waals surface area contributed by atoms with Crippen molar-refractivity contribution in [1.82, 2.24) is 23.9 Å². The van der Waals surface area contributed by atoms with Gasteiger partial charge in [-0.05, 0) is 81.9 Å². The van der Waals surface area contributed by atoms with Gasteiger partial charge in [0.05, 0.1) is 33.5 Å². The summed E-state index contributed by atoms with van der Waals surface area (Å²) >= 11 is 0. The van der Waals surface area contributed by atoms with Crippen molar-refractivity contribution in [1.29, 1.82) is 0 Å². The average molecular weight is 957 g/mol. The van der Waals surface area contributed by atoms with Crippen LogP contribution in [0.2, 0.25) is 0 Å². The van der Waals surface area contributed by atoms with Gasteiger partial charge < -0.3 is 13.7 Å². The van der Waals surface area contributed by atoms with Crippen molar-refractivity contribution in [2.75, 3.05) is 0 Å². The molecule has 0 saturated carbocycles. The number of hydrogen-bond donors (Lipinski definition) is 0. The van der Waals surface area contributed by atoms with Gasteiger partial charge in [-0.3, -0.25) is 15.0 Å². The normalized spacial score (nSPS) is 11.8. The molecule has 0 aliphatic carbocycles. The van der Waals surface area contributed by atoms with Gasteiger partial charge in [-0.1, -0.05) is 123 Å². The maximum atomic E-state index is 6.67. The Bertz CT molecular complexity index is 3410. The van der Waals surface area contributed by atoms with Crippen molar-refractivity contribution in [3.8, 4) is 39.7 Å². The third-order valence-electron chi connectivity index (χ3n) is 11.5. The van der Waals surface area contributed by atoms with Crippen LogP contribution in [-0.4, -0.2) is 23.9 Å². The number of rotatable bonds is 7. The molecule has 60 heavy (non-hydrogen) atoms. The van der Waals surface area contributed by atoms with Crippen LogP contribution in [0.15, 0.2) is 152 Å². The molecule has 7 heteroatoms. The first-order valence-electron chi connectivity index (χ1n) is 20.2. The van der Waals surface area contributed by atoms with Crippen LogP contribution in [0, 0.1) is 12.1 Å². The minimum atomic E-state index is 0. The molecule has 292 valence electrons. The maximum absolute atomic E-state index is 6.67. The van der Waals surface area contributed by atoms with E-state index in [2.05, 4.69) is 175 Å². The van der Waals surface area contributed by atoms with E-state index in [1.54, 1.807) is 0 Å². The van der Waals surface area contributed by atoms with Gasteiger partial charge in [0.25, 0.3) is 0 Å². The van der Waals surface area contributed by atoms with Crippen molar-refractivity contribution < 1.29 is 25.8 Å². The van der Waals surface area contributed by atoms with E-state index in [4.69, 9.17) is 14.7 Å². The first-order valence-corrected chi connectivity index (χ1v) is 20.2. The standard InChI is InChI=1S/C53H39N5O.Pt/c1-32(2)43-28-37(34-13-6-5-7-14-34)29-44(33(3)4)50(43)58-49-20-11-9-18-46(49)55-52(58)35-15-12-16-38(27-35)59-39-22-23-41-42-17-8-10-19-48(42)57-51-40-25-26-54-31-36(40)21-24-47(51)56-53(57)45(41)30-39;/h5-26,28-29,31-33H,1-4H3;/q-2;+2. The molecular formula is C53H39N5OPt. The van der Waals surface area contributed by atoms with Crippen molar-refractivity contribution >= 4 is 60.2 Å². The predicted molar refractivity (Wildman–Crippen MR) is 241 cm³/mol. The van der Waals surface area contributed by atoms with Crippen LogP contribution in [0.1, 0.15) is 50.7 Å². The summed E-state index contributed by atoms with van der Waals surface area (Å²) < 4.78 is 11.3. The number of imidazole rings is 2. The summed E-state index contributed by atoms with van der Waals surface area (Å²) in [5, 5.41) is 5.25. The Morgan fingerprint density at radius 3 is 2.12 bits per heavy atom. The minimum Gasteiger partial charge on any atom is -0.497 e. The van der Waals surface area contributed by atoms with Gasteiger partial charge in [-0.15, -0.1) is 29.8 Å². The van der Waals surface area contributed by atoms with Crippen LogP contribution in [0.3, 0.4) is 0 Å². The Balaban J connectivity index is 0.00000433. The number of ether oxygens (including phenoxy) is 1. The fraction of sp³-hybridized carbons (Fsp3) is 0.113. The zero-order valence-electron chi connectivity index (χ0n) is 33.5. The molecule has 11 rings (SSSR count). The van der Waals surface area contributed by atoms with E-state index in [1.165, 1.54) is 27.9 Å². The summed E-state index contributed by atoms with van der Waals surface area (Å²) in [5.74, 6) is 2.49. The van der Waals surface area contributed by atoms with Gasteiger partial charge in [-0.2, -0.15) is 0 Å². The first kappa shape index (κ1) is 37.6. The van der Waals surface area contributed by atoms with Gasteiger partial charge in [0.15, 0.2) is 0 Å². The minimum absolute atomic E-state index is 0. The predicted octanol–water partition coefficient (Wildman–Crippen LogP) is 13.7. The van der Waals surface area contributed by atoms with Crippen LogP contribution in [0.5, 0.6) is 11.5 Å². The Labute approximate surface area is 362 Å². The summed E-state index contributed by atoms with van der Waals surface area (Å²) in [4.78, 5) is 14.9. The van der Waals surface area contributed by atoms with E-state index >= 15 is 0 Å². The number of benzene rings is 7. The number of hydrogen-bond acceptors (Lipinski definition) is 4. The second-order valence-electron chi connectivity index (χ2n) is 15.9. The smallest absolute Gasteiger partial charge is 0.497 e. The summed E-state index contributed by atoms with van der Waals surface area (Å²) in [7, 11) is 0. The molecule has 4 heterocycles. The summed E-state index contributed by atoms with van der Waals surface area (Å²) in [6, 6.07) is 55.9. The average Bonchev–Trinajstić information content (AvgIpc) is 3.86. The zero-order chi connectivity index (χ0) is 39.8. The summed E-state index contributed by atoms with van der Waals surface area (Å²) in [6.45, 7) is 9.11. The largest absolute Gasteiger partial charge is 2.00 e. The van der Waals surface area contributed by atoms with Crippen molar-refractivity contribution in [3.63, 3.8) is 0 Å². The van der Waals surface area contributed by atoms with Gasteiger partial charge >= 0.3 is 21.1 Å². The topological polar surface area (TPSA) is 57.2 Å². The van der Waals surface area contributed by atoms with Gasteiger partial charge in [0.1, 0.15) is 0 Å². The van der Waals surface area contributed by atoms with Gasteiger partial charge in [0, 0.05) is 45.9 Å². The third-order valence-corrected chi connectivity index (χ3v) is 11.5. The maximum Gasteiger partial charge on any atom is 2.00 e. The van der Waals surface area contributed by atoms with Gasteiger partial charge in [0.2, 0.25) is 0 Å². The molecule has 11 aromatic rings. The number of para-hydroxylation sites is 3. The van der Waals surface area contributed by atoms with E-state index in [0.29, 0.717) is 11.5 Å². The second kappa shape index (κ2) is 14.9. The van der Waals surface area contributed by atoms with Crippen molar-refractivity contribution in [3.05, 3.63) is 175 Å². The first-order chi connectivity index (χ1) is 28.9. The monoisotopic (exact) mass is 956 g/mol. The molecule has 4 aromatic heterocycles. The Kier molecular flexibility index (Phi) is 9.34. The molecule has 0 radical (unpaired) electrons. The number of pyridine rings is 2. The molecule has 0 unspecified atom stereocenters. The van der Waals surface area contributed by atoms with Crippen molar-refractivity contribution in [2.45, 2.75) is 39.5 Å². The Morgan fingerprint density at radius 1 is 0.583 bits per heavy atom. The number of nitrogens with zero attached hydrogens (tertiary/aromatic N) is 5. The van der Waals surface area contributed by atoms with E-state index in [1.807, 2.05) is 30.6 Å². The SMILES string of the molecule is CC(C)c1cc(-c2ccccc2)cc(C(C)C)c1-n1c(-c2[c-]c(Oc3[c-]c4c(cc3)c3ccccc3n3c4nc4ccc5cnccc5c43)ccc2)nc2ccccc21.[Pt+2]. The van der Waals surface area contributed by atoms with Crippen LogP contribution >= 0.6 is 0 Å². The molecule has 0 aliphatic heterocycles. The molecule has 7 aromatic carbocycles. The fourth-order valence-electron chi connectivity index (χ4n) is 8.77. The van der Waals surface area contributed by atoms with E-state index in [-0.39, 0.29) is 32.9 Å². The quantitative estimate of drug-likeness (QED) is 0.118. The molecule has 0 saturated heterocycles.